The molecule has 0 unspecified atom stereocenters. The van der Waals surface area contributed by atoms with E-state index in [2.05, 4.69) is 4.98 Å². The van der Waals surface area contributed by atoms with Crippen LogP contribution in [0.2, 0.25) is 0 Å². The van der Waals surface area contributed by atoms with Crippen LogP contribution in [0, 0.1) is 6.92 Å². The quantitative estimate of drug-likeness (QED) is 0.651. The number of primary amides is 1. The molecule has 1 aromatic carbocycles. The Balaban J connectivity index is 2.14. The molecule has 0 aliphatic heterocycles. The molecule has 136 valence electrons. The zero-order valence-electron chi connectivity index (χ0n) is 14.7. The number of hydrogen-bond donors (Lipinski definition) is 1. The maximum absolute atomic E-state index is 12.9. The fraction of sp³-hybridized carbons (Fsp3) is 0.294. The normalized spacial score (nSPS) is 11.2. The smallest absolute Gasteiger partial charge is 0.332 e. The summed E-state index contributed by atoms with van der Waals surface area (Å²) in [7, 11) is 3.26. The molecule has 2 heterocycles. The second-order valence-corrected chi connectivity index (χ2v) is 7.04. The Morgan fingerprint density at radius 1 is 1.15 bits per heavy atom. The third kappa shape index (κ3) is 3.17. The van der Waals surface area contributed by atoms with Gasteiger partial charge in [0.25, 0.3) is 5.56 Å². The van der Waals surface area contributed by atoms with Crippen molar-refractivity contribution in [3.63, 3.8) is 0 Å². The summed E-state index contributed by atoms with van der Waals surface area (Å²) < 4.78 is 4.13. The van der Waals surface area contributed by atoms with Crippen molar-refractivity contribution >= 4 is 28.8 Å². The van der Waals surface area contributed by atoms with E-state index in [9.17, 15) is 14.4 Å². The highest BCUT2D eigenvalue weighted by atomic mass is 32.2. The molecule has 0 aliphatic carbocycles. The Bertz CT molecular complexity index is 1110. The van der Waals surface area contributed by atoms with E-state index < -0.39 is 17.2 Å². The molecule has 0 radical (unpaired) electrons. The minimum Gasteiger partial charge on any atom is -0.369 e. The van der Waals surface area contributed by atoms with Crippen LogP contribution in [0.1, 0.15) is 11.1 Å². The van der Waals surface area contributed by atoms with Crippen molar-refractivity contribution in [1.29, 1.82) is 0 Å². The molecule has 0 spiro atoms. The predicted octanol–water partition coefficient (Wildman–Crippen LogP) is 0.368. The molecule has 8 nitrogen and oxygen atoms in total. The lowest BCUT2D eigenvalue weighted by molar-refractivity contribution is -0.115. The minimum atomic E-state index is -0.479. The second kappa shape index (κ2) is 6.83. The number of thioether (sulfide) groups is 1. The first-order valence-corrected chi connectivity index (χ1v) is 8.91. The number of carbonyl (C=O) groups excluding carboxylic acids is 1. The molecule has 1 amide bonds. The van der Waals surface area contributed by atoms with Gasteiger partial charge in [-0.25, -0.2) is 9.78 Å². The Labute approximate surface area is 153 Å². The predicted molar refractivity (Wildman–Crippen MR) is 100 cm³/mol. The number of imidazole rings is 1. The number of fused-ring (bicyclic) bond motifs is 1. The van der Waals surface area contributed by atoms with E-state index in [4.69, 9.17) is 5.73 Å². The van der Waals surface area contributed by atoms with Crippen molar-refractivity contribution in [3.8, 4) is 0 Å². The van der Waals surface area contributed by atoms with Crippen LogP contribution in [0.3, 0.4) is 0 Å². The van der Waals surface area contributed by atoms with E-state index in [1.807, 2.05) is 31.2 Å². The van der Waals surface area contributed by atoms with Crippen molar-refractivity contribution in [2.24, 2.45) is 19.8 Å². The number of amides is 1. The van der Waals surface area contributed by atoms with Crippen LogP contribution < -0.4 is 17.0 Å². The number of carbonyl (C=O) groups is 1. The highest BCUT2D eigenvalue weighted by Gasteiger charge is 2.19. The molecule has 26 heavy (non-hydrogen) atoms. The highest BCUT2D eigenvalue weighted by Crippen LogP contribution is 2.19. The molecule has 0 saturated heterocycles. The molecule has 0 aliphatic rings. The van der Waals surface area contributed by atoms with Gasteiger partial charge in [-0.15, -0.1) is 0 Å². The van der Waals surface area contributed by atoms with E-state index >= 15 is 0 Å². The Morgan fingerprint density at radius 2 is 1.81 bits per heavy atom. The first-order chi connectivity index (χ1) is 12.3. The van der Waals surface area contributed by atoms with Crippen molar-refractivity contribution in [3.05, 3.63) is 56.2 Å². The lowest BCUT2D eigenvalue weighted by Gasteiger charge is -2.09. The number of hydrogen-bond acceptors (Lipinski definition) is 5. The lowest BCUT2D eigenvalue weighted by Crippen LogP contribution is -2.39. The number of rotatable bonds is 5. The van der Waals surface area contributed by atoms with Crippen LogP contribution in [0.25, 0.3) is 11.2 Å². The lowest BCUT2D eigenvalue weighted by atomic mass is 10.1. The summed E-state index contributed by atoms with van der Waals surface area (Å²) >= 11 is 1.13. The van der Waals surface area contributed by atoms with Gasteiger partial charge in [0.05, 0.1) is 12.3 Å². The van der Waals surface area contributed by atoms with Crippen LogP contribution in [0.15, 0.2) is 39.0 Å². The molecule has 0 fully saturated rings. The minimum absolute atomic E-state index is 0.0443. The summed E-state index contributed by atoms with van der Waals surface area (Å²) in [6, 6.07) is 7.66. The average Bonchev–Trinajstić information content (AvgIpc) is 2.93. The molecule has 2 N–H and O–H groups in total. The number of aryl methyl sites for hydroxylation is 3. The average molecular weight is 373 g/mol. The van der Waals surface area contributed by atoms with Crippen molar-refractivity contribution in [2.45, 2.75) is 18.6 Å². The standard InChI is InChI=1S/C17H19N5O3S/c1-10-4-6-11(7-5-10)8-22-15(24)13-14(21(3)17(22)25)19-16(20(13)2)26-9-12(18)23/h4-7H,8-9H2,1-3H3,(H2,18,23). The summed E-state index contributed by atoms with van der Waals surface area (Å²) in [5, 5.41) is 0.457. The van der Waals surface area contributed by atoms with Gasteiger partial charge < -0.3 is 10.3 Å². The Hall–Kier alpha value is -2.81. The Kier molecular flexibility index (Phi) is 4.73. The van der Waals surface area contributed by atoms with E-state index in [1.165, 1.54) is 9.13 Å². The molecule has 9 heteroatoms. The van der Waals surface area contributed by atoms with Crippen molar-refractivity contribution < 1.29 is 4.79 Å². The largest absolute Gasteiger partial charge is 0.369 e. The van der Waals surface area contributed by atoms with Gasteiger partial charge in [0, 0.05) is 14.1 Å². The first-order valence-electron chi connectivity index (χ1n) is 7.92. The van der Waals surface area contributed by atoms with Gasteiger partial charge in [-0.1, -0.05) is 41.6 Å². The molecular formula is C17H19N5O3S. The van der Waals surface area contributed by atoms with Crippen molar-refractivity contribution in [1.82, 2.24) is 18.7 Å². The first kappa shape index (κ1) is 18.0. The molecule has 3 rings (SSSR count). The summed E-state index contributed by atoms with van der Waals surface area (Å²) in [4.78, 5) is 40.9. The van der Waals surface area contributed by atoms with Crippen LogP contribution >= 0.6 is 11.8 Å². The van der Waals surface area contributed by atoms with Gasteiger partial charge >= 0.3 is 5.69 Å². The van der Waals surface area contributed by atoms with Crippen LogP contribution in [-0.2, 0) is 25.4 Å². The summed E-state index contributed by atoms with van der Waals surface area (Å²) in [5.41, 5.74) is 6.88. The summed E-state index contributed by atoms with van der Waals surface area (Å²) in [6.45, 7) is 2.15. The van der Waals surface area contributed by atoms with Gasteiger partial charge in [0.1, 0.15) is 0 Å². The zero-order valence-corrected chi connectivity index (χ0v) is 15.5. The summed E-state index contributed by atoms with van der Waals surface area (Å²) in [6.07, 6.45) is 0. The van der Waals surface area contributed by atoms with E-state index in [0.717, 1.165) is 22.9 Å². The SMILES string of the molecule is Cc1ccc(Cn2c(=O)c3c(nc(SCC(N)=O)n3C)n(C)c2=O)cc1. The van der Waals surface area contributed by atoms with Crippen LogP contribution in [0.5, 0.6) is 0 Å². The van der Waals surface area contributed by atoms with E-state index in [-0.39, 0.29) is 17.9 Å². The number of nitrogens with two attached hydrogens (primary N) is 1. The molecule has 0 atom stereocenters. The van der Waals surface area contributed by atoms with E-state index in [1.54, 1.807) is 18.7 Å². The molecule has 0 bridgehead atoms. The zero-order chi connectivity index (χ0) is 19.0. The highest BCUT2D eigenvalue weighted by molar-refractivity contribution is 7.99. The molecule has 2 aromatic heterocycles. The summed E-state index contributed by atoms with van der Waals surface area (Å²) in [5.74, 6) is -0.435. The van der Waals surface area contributed by atoms with Gasteiger partial charge in [0.15, 0.2) is 16.3 Å². The molecule has 0 saturated carbocycles. The van der Waals surface area contributed by atoms with Crippen LogP contribution in [0.4, 0.5) is 0 Å². The molecular weight excluding hydrogens is 354 g/mol. The maximum Gasteiger partial charge on any atom is 0.332 e. The third-order valence-electron chi connectivity index (χ3n) is 4.12. The second-order valence-electron chi connectivity index (χ2n) is 6.10. The van der Waals surface area contributed by atoms with Gasteiger partial charge in [-0.2, -0.15) is 0 Å². The monoisotopic (exact) mass is 373 g/mol. The van der Waals surface area contributed by atoms with Gasteiger partial charge in [-0.05, 0) is 12.5 Å². The van der Waals surface area contributed by atoms with Crippen LogP contribution in [-0.4, -0.2) is 30.3 Å². The number of aromatic nitrogens is 4. The fourth-order valence-electron chi connectivity index (χ4n) is 2.70. The number of nitrogens with zero attached hydrogens (tertiary/aromatic N) is 4. The van der Waals surface area contributed by atoms with E-state index in [0.29, 0.717) is 10.7 Å². The number of benzene rings is 1. The maximum atomic E-state index is 12.9. The van der Waals surface area contributed by atoms with Gasteiger partial charge in [0.2, 0.25) is 5.91 Å². The topological polar surface area (TPSA) is 105 Å². The van der Waals surface area contributed by atoms with Gasteiger partial charge in [-0.3, -0.25) is 18.7 Å². The fourth-order valence-corrected chi connectivity index (χ4v) is 3.41. The van der Waals surface area contributed by atoms with Crippen molar-refractivity contribution in [2.75, 3.05) is 5.75 Å². The molecule has 3 aromatic rings. The third-order valence-corrected chi connectivity index (χ3v) is 5.18. The Morgan fingerprint density at radius 3 is 2.42 bits per heavy atom.